The summed E-state index contributed by atoms with van der Waals surface area (Å²) in [7, 11) is 0. The standard InChI is InChI=1S/C19H21F3N4O3/c20-19(21,22)13-3-5-14(6-4-13)25-9-2-10-26(25)17(28)23-16-11-15(24-29-16)18(12-27)7-1-8-18/h3-6,11,27H,1-2,7-10,12H2,(H,23,28). The number of aliphatic hydroxyl groups excluding tert-OH is 1. The van der Waals surface area contributed by atoms with Crippen molar-refractivity contribution in [3.05, 3.63) is 41.6 Å². The van der Waals surface area contributed by atoms with Gasteiger partial charge in [0.2, 0.25) is 5.88 Å². The highest BCUT2D eigenvalue weighted by Gasteiger charge is 2.41. The summed E-state index contributed by atoms with van der Waals surface area (Å²) in [6, 6.07) is 5.85. The average molecular weight is 410 g/mol. The third kappa shape index (κ3) is 3.64. The summed E-state index contributed by atoms with van der Waals surface area (Å²) in [5.41, 5.74) is -0.0218. The van der Waals surface area contributed by atoms with Crippen LogP contribution in [0.4, 0.5) is 29.5 Å². The first-order valence-corrected chi connectivity index (χ1v) is 9.44. The van der Waals surface area contributed by atoms with Gasteiger partial charge in [0, 0.05) is 24.6 Å². The second-order valence-corrected chi connectivity index (χ2v) is 7.44. The molecule has 1 aromatic carbocycles. The number of alkyl halides is 3. The summed E-state index contributed by atoms with van der Waals surface area (Å²) in [6.45, 7) is 0.906. The van der Waals surface area contributed by atoms with Gasteiger partial charge < -0.3 is 9.63 Å². The minimum atomic E-state index is -4.41. The van der Waals surface area contributed by atoms with E-state index < -0.39 is 23.2 Å². The Kier molecular flexibility index (Phi) is 4.89. The van der Waals surface area contributed by atoms with E-state index in [1.807, 2.05) is 0 Å². The van der Waals surface area contributed by atoms with Gasteiger partial charge in [-0.1, -0.05) is 11.6 Å². The molecule has 0 radical (unpaired) electrons. The molecule has 2 aliphatic rings. The lowest BCUT2D eigenvalue weighted by molar-refractivity contribution is -0.137. The van der Waals surface area contributed by atoms with Crippen molar-refractivity contribution < 1.29 is 27.6 Å². The van der Waals surface area contributed by atoms with Crippen LogP contribution < -0.4 is 10.3 Å². The van der Waals surface area contributed by atoms with Gasteiger partial charge in [0.1, 0.15) is 0 Å². The van der Waals surface area contributed by atoms with E-state index in [0.717, 1.165) is 31.4 Å². The number of nitrogens with zero attached hydrogens (tertiary/aromatic N) is 3. The Morgan fingerprint density at radius 2 is 1.93 bits per heavy atom. The Hall–Kier alpha value is -2.75. The Morgan fingerprint density at radius 3 is 2.52 bits per heavy atom. The monoisotopic (exact) mass is 410 g/mol. The molecule has 10 heteroatoms. The number of aromatic nitrogens is 1. The molecule has 1 aliphatic heterocycles. The Labute approximate surface area is 165 Å². The molecular formula is C19H21F3N4O3. The van der Waals surface area contributed by atoms with Crippen LogP contribution in [0.15, 0.2) is 34.9 Å². The largest absolute Gasteiger partial charge is 0.416 e. The van der Waals surface area contributed by atoms with Crippen molar-refractivity contribution in [3.63, 3.8) is 0 Å². The van der Waals surface area contributed by atoms with Crippen molar-refractivity contribution in [3.8, 4) is 0 Å². The van der Waals surface area contributed by atoms with Crippen LogP contribution in [0, 0.1) is 0 Å². The topological polar surface area (TPSA) is 81.8 Å². The van der Waals surface area contributed by atoms with Gasteiger partial charge in [-0.3, -0.25) is 10.3 Å². The fourth-order valence-electron chi connectivity index (χ4n) is 3.77. The van der Waals surface area contributed by atoms with E-state index in [1.165, 1.54) is 17.1 Å². The van der Waals surface area contributed by atoms with Gasteiger partial charge in [-0.2, -0.15) is 13.2 Å². The van der Waals surface area contributed by atoms with Crippen LogP contribution in [-0.2, 0) is 11.6 Å². The zero-order chi connectivity index (χ0) is 20.6. The molecule has 29 heavy (non-hydrogen) atoms. The molecule has 7 nitrogen and oxygen atoms in total. The summed E-state index contributed by atoms with van der Waals surface area (Å²) < 4.78 is 43.5. The minimum absolute atomic E-state index is 0.0270. The van der Waals surface area contributed by atoms with E-state index >= 15 is 0 Å². The third-order valence-corrected chi connectivity index (χ3v) is 5.66. The number of anilines is 2. The van der Waals surface area contributed by atoms with E-state index in [4.69, 9.17) is 4.52 Å². The normalized spacial score (nSPS) is 18.6. The first-order valence-electron chi connectivity index (χ1n) is 9.44. The van der Waals surface area contributed by atoms with Crippen LogP contribution >= 0.6 is 0 Å². The number of urea groups is 1. The van der Waals surface area contributed by atoms with E-state index in [1.54, 1.807) is 11.1 Å². The number of carbonyl (C=O) groups is 1. The predicted molar refractivity (Wildman–Crippen MR) is 98.2 cm³/mol. The second-order valence-electron chi connectivity index (χ2n) is 7.44. The number of rotatable bonds is 4. The number of hydrogen-bond donors (Lipinski definition) is 2. The maximum Gasteiger partial charge on any atom is 0.416 e. The smallest absolute Gasteiger partial charge is 0.395 e. The molecule has 4 rings (SSSR count). The number of halogens is 3. The lowest BCUT2D eigenvalue weighted by Crippen LogP contribution is -2.43. The number of benzene rings is 1. The van der Waals surface area contributed by atoms with Gasteiger partial charge in [-0.05, 0) is 43.5 Å². The Bertz CT molecular complexity index is 872. The molecule has 2 aromatic rings. The Morgan fingerprint density at radius 1 is 1.21 bits per heavy atom. The zero-order valence-electron chi connectivity index (χ0n) is 15.6. The van der Waals surface area contributed by atoms with E-state index in [2.05, 4.69) is 10.5 Å². The van der Waals surface area contributed by atoms with Gasteiger partial charge in [0.05, 0.1) is 23.6 Å². The van der Waals surface area contributed by atoms with Crippen LogP contribution in [0.5, 0.6) is 0 Å². The van der Waals surface area contributed by atoms with Crippen molar-refractivity contribution >= 4 is 17.6 Å². The lowest BCUT2D eigenvalue weighted by Gasteiger charge is -2.38. The van der Waals surface area contributed by atoms with Crippen molar-refractivity contribution in [1.82, 2.24) is 10.2 Å². The molecule has 1 aliphatic carbocycles. The van der Waals surface area contributed by atoms with E-state index in [0.29, 0.717) is 30.9 Å². The van der Waals surface area contributed by atoms with Gasteiger partial charge in [0.25, 0.3) is 0 Å². The van der Waals surface area contributed by atoms with Crippen LogP contribution in [0.1, 0.15) is 36.9 Å². The van der Waals surface area contributed by atoms with Crippen LogP contribution in [0.2, 0.25) is 0 Å². The molecule has 2 fully saturated rings. The van der Waals surface area contributed by atoms with Crippen molar-refractivity contribution in [1.29, 1.82) is 0 Å². The van der Waals surface area contributed by atoms with Crippen LogP contribution in [-0.4, -0.2) is 41.0 Å². The van der Waals surface area contributed by atoms with Crippen molar-refractivity contribution in [2.75, 3.05) is 30.0 Å². The van der Waals surface area contributed by atoms with E-state index in [9.17, 15) is 23.1 Å². The molecule has 0 unspecified atom stereocenters. The molecule has 2 N–H and O–H groups in total. The number of aliphatic hydroxyl groups is 1. The fraction of sp³-hybridized carbons (Fsp3) is 0.474. The fourth-order valence-corrected chi connectivity index (χ4v) is 3.77. The Balaban J connectivity index is 1.45. The van der Waals surface area contributed by atoms with Gasteiger partial charge in [0.15, 0.2) is 0 Å². The number of carbonyl (C=O) groups excluding carboxylic acids is 1. The first kappa shape index (κ1) is 19.6. The molecule has 2 heterocycles. The minimum Gasteiger partial charge on any atom is -0.395 e. The number of hydrogen-bond acceptors (Lipinski definition) is 5. The maximum atomic E-state index is 12.8. The third-order valence-electron chi connectivity index (χ3n) is 5.66. The van der Waals surface area contributed by atoms with E-state index in [-0.39, 0.29) is 12.5 Å². The molecule has 156 valence electrons. The molecule has 0 spiro atoms. The number of hydrazine groups is 1. The molecule has 1 aromatic heterocycles. The summed E-state index contributed by atoms with van der Waals surface area (Å²) in [6.07, 6.45) is -1.08. The maximum absolute atomic E-state index is 12.8. The first-order chi connectivity index (χ1) is 13.8. The second kappa shape index (κ2) is 7.25. The summed E-state index contributed by atoms with van der Waals surface area (Å²) in [5, 5.41) is 19.3. The molecule has 0 atom stereocenters. The van der Waals surface area contributed by atoms with Crippen molar-refractivity contribution in [2.24, 2.45) is 0 Å². The van der Waals surface area contributed by atoms with Crippen LogP contribution in [0.25, 0.3) is 0 Å². The molecule has 2 amide bonds. The molecule has 1 saturated carbocycles. The molecular weight excluding hydrogens is 389 g/mol. The average Bonchev–Trinajstić information content (AvgIpc) is 3.31. The molecule has 1 saturated heterocycles. The highest BCUT2D eigenvalue weighted by molar-refractivity contribution is 5.89. The SMILES string of the molecule is O=C(Nc1cc(C2(CO)CCC2)no1)N1CCCN1c1ccc(C(F)(F)F)cc1. The van der Waals surface area contributed by atoms with Gasteiger partial charge in [-0.25, -0.2) is 9.80 Å². The predicted octanol–water partition coefficient (Wildman–Crippen LogP) is 3.77. The quantitative estimate of drug-likeness (QED) is 0.802. The highest BCUT2D eigenvalue weighted by atomic mass is 19.4. The summed E-state index contributed by atoms with van der Waals surface area (Å²) >= 11 is 0. The van der Waals surface area contributed by atoms with Crippen molar-refractivity contribution in [2.45, 2.75) is 37.3 Å². The lowest BCUT2D eigenvalue weighted by atomic mass is 9.67. The molecule has 0 bridgehead atoms. The zero-order valence-corrected chi connectivity index (χ0v) is 15.6. The number of nitrogens with one attached hydrogen (secondary N) is 1. The summed E-state index contributed by atoms with van der Waals surface area (Å²) in [4.78, 5) is 12.7. The van der Waals surface area contributed by atoms with Gasteiger partial charge >= 0.3 is 12.2 Å². The van der Waals surface area contributed by atoms with Crippen LogP contribution in [0.3, 0.4) is 0 Å². The van der Waals surface area contributed by atoms with Gasteiger partial charge in [-0.15, -0.1) is 0 Å². The summed E-state index contributed by atoms with van der Waals surface area (Å²) in [5.74, 6) is 0.170. The highest BCUT2D eigenvalue weighted by Crippen LogP contribution is 2.43. The number of amides is 2.